The minimum atomic E-state index is -0.930. The molecule has 0 spiro atoms. The molecule has 3 aromatic carbocycles. The van der Waals surface area contributed by atoms with E-state index in [2.05, 4.69) is 5.32 Å². The number of hydrogen-bond donors (Lipinski definition) is 1. The van der Waals surface area contributed by atoms with Gasteiger partial charge in [0.1, 0.15) is 11.3 Å². The van der Waals surface area contributed by atoms with Crippen LogP contribution in [0.25, 0.3) is 11.0 Å². The number of ether oxygens (including phenoxy) is 3. The van der Waals surface area contributed by atoms with Crippen LogP contribution in [0, 0.1) is 0 Å². The first-order valence-electron chi connectivity index (χ1n) is 10.3. The summed E-state index contributed by atoms with van der Waals surface area (Å²) in [5.41, 5.74) is 1.04. The van der Waals surface area contributed by atoms with Gasteiger partial charge in [0.05, 0.1) is 10.7 Å². The summed E-state index contributed by atoms with van der Waals surface area (Å²) >= 11 is 12.1. The molecule has 5 rings (SSSR count). The third kappa shape index (κ3) is 4.16. The summed E-state index contributed by atoms with van der Waals surface area (Å²) in [6, 6.07) is 16.6. The zero-order chi connectivity index (χ0) is 23.8. The van der Waals surface area contributed by atoms with Gasteiger partial charge in [-0.15, -0.1) is 0 Å². The van der Waals surface area contributed by atoms with Crippen molar-refractivity contribution < 1.29 is 28.2 Å². The van der Waals surface area contributed by atoms with Gasteiger partial charge in [-0.3, -0.25) is 9.59 Å². The number of furan rings is 1. The quantitative estimate of drug-likeness (QED) is 0.323. The van der Waals surface area contributed by atoms with Crippen molar-refractivity contribution in [3.8, 4) is 17.2 Å². The second-order valence-corrected chi connectivity index (χ2v) is 8.37. The van der Waals surface area contributed by atoms with E-state index in [9.17, 15) is 9.59 Å². The molecular formula is C25H17Cl2NO6. The summed E-state index contributed by atoms with van der Waals surface area (Å²) in [6.45, 7) is 1.66. The van der Waals surface area contributed by atoms with E-state index in [-0.39, 0.29) is 23.3 Å². The Balaban J connectivity index is 1.45. The summed E-state index contributed by atoms with van der Waals surface area (Å²) < 4.78 is 22.2. The number of para-hydroxylation sites is 1. The van der Waals surface area contributed by atoms with Gasteiger partial charge in [0, 0.05) is 16.0 Å². The maximum atomic E-state index is 13.4. The molecule has 1 atom stereocenters. The highest BCUT2D eigenvalue weighted by Gasteiger charge is 2.27. The lowest BCUT2D eigenvalue weighted by Crippen LogP contribution is -2.30. The number of carbonyl (C=O) groups excluding carboxylic acids is 2. The van der Waals surface area contributed by atoms with Crippen LogP contribution in [-0.4, -0.2) is 24.6 Å². The van der Waals surface area contributed by atoms with E-state index in [1.807, 2.05) is 0 Å². The molecule has 0 saturated carbocycles. The summed E-state index contributed by atoms with van der Waals surface area (Å²) in [6.07, 6.45) is -0.930. The topological polar surface area (TPSA) is 87.0 Å². The summed E-state index contributed by atoms with van der Waals surface area (Å²) in [5.74, 6) is 0.417. The number of rotatable bonds is 6. The number of ketones is 1. The molecule has 172 valence electrons. The highest BCUT2D eigenvalue weighted by Crippen LogP contribution is 2.36. The standard InChI is InChI=1S/C25H17Cl2NO6/c1-13(33-19-9-7-15(26)11-17(19)27)25(30)28-22-16-4-2-3-5-18(16)34-24(22)23(29)14-6-8-20-21(10-14)32-12-31-20/h2-11,13H,12H2,1H3,(H,28,30). The van der Waals surface area contributed by atoms with Gasteiger partial charge in [0.15, 0.2) is 23.4 Å². The number of benzene rings is 3. The van der Waals surface area contributed by atoms with Gasteiger partial charge in [0.2, 0.25) is 12.6 Å². The fraction of sp³-hybridized carbons (Fsp3) is 0.120. The first-order chi connectivity index (χ1) is 16.4. The Hall–Kier alpha value is -3.68. The maximum absolute atomic E-state index is 13.4. The Labute approximate surface area is 204 Å². The lowest BCUT2D eigenvalue weighted by molar-refractivity contribution is -0.122. The Morgan fingerprint density at radius 2 is 1.79 bits per heavy atom. The van der Waals surface area contributed by atoms with Crippen LogP contribution in [0.3, 0.4) is 0 Å². The molecule has 1 aliphatic heterocycles. The van der Waals surface area contributed by atoms with Gasteiger partial charge in [-0.1, -0.05) is 35.3 Å². The number of hydrogen-bond acceptors (Lipinski definition) is 6. The highest BCUT2D eigenvalue weighted by molar-refractivity contribution is 6.35. The van der Waals surface area contributed by atoms with Crippen LogP contribution in [0.1, 0.15) is 23.0 Å². The molecule has 0 aliphatic carbocycles. The molecule has 34 heavy (non-hydrogen) atoms. The van der Waals surface area contributed by atoms with Crippen molar-refractivity contribution in [3.63, 3.8) is 0 Å². The number of fused-ring (bicyclic) bond motifs is 2. The molecular weight excluding hydrogens is 481 g/mol. The summed E-state index contributed by atoms with van der Waals surface area (Å²) in [7, 11) is 0. The molecule has 9 heteroatoms. The summed E-state index contributed by atoms with van der Waals surface area (Å²) in [5, 5.41) is 4.09. The van der Waals surface area contributed by atoms with Crippen molar-refractivity contribution >= 4 is 51.5 Å². The smallest absolute Gasteiger partial charge is 0.265 e. The van der Waals surface area contributed by atoms with E-state index in [4.69, 9.17) is 41.8 Å². The number of carbonyl (C=O) groups is 2. The van der Waals surface area contributed by atoms with E-state index in [0.717, 1.165) is 0 Å². The monoisotopic (exact) mass is 497 g/mol. The van der Waals surface area contributed by atoms with Crippen molar-refractivity contribution in [2.75, 3.05) is 12.1 Å². The molecule has 2 heterocycles. The Kier molecular flexibility index (Phi) is 5.81. The van der Waals surface area contributed by atoms with Crippen LogP contribution >= 0.6 is 23.2 Å². The van der Waals surface area contributed by atoms with Crippen molar-refractivity contribution in [1.82, 2.24) is 0 Å². The van der Waals surface area contributed by atoms with Gasteiger partial charge in [-0.05, 0) is 55.5 Å². The van der Waals surface area contributed by atoms with Gasteiger partial charge >= 0.3 is 0 Å². The van der Waals surface area contributed by atoms with Crippen molar-refractivity contribution in [3.05, 3.63) is 82.0 Å². The second-order valence-electron chi connectivity index (χ2n) is 7.52. The molecule has 1 unspecified atom stereocenters. The van der Waals surface area contributed by atoms with Gasteiger partial charge in [-0.25, -0.2) is 0 Å². The lowest BCUT2D eigenvalue weighted by Gasteiger charge is -2.16. The molecule has 7 nitrogen and oxygen atoms in total. The Morgan fingerprint density at radius 1 is 1.00 bits per heavy atom. The van der Waals surface area contributed by atoms with E-state index >= 15 is 0 Å². The zero-order valence-corrected chi connectivity index (χ0v) is 19.3. The van der Waals surface area contributed by atoms with Crippen LogP contribution in [0.2, 0.25) is 10.0 Å². The molecule has 1 amide bonds. The number of halogens is 2. The van der Waals surface area contributed by atoms with Crippen LogP contribution in [0.15, 0.2) is 65.1 Å². The molecule has 1 aliphatic rings. The van der Waals surface area contributed by atoms with Crippen LogP contribution in [0.4, 0.5) is 5.69 Å². The van der Waals surface area contributed by atoms with Crippen LogP contribution < -0.4 is 19.5 Å². The molecule has 0 saturated heterocycles. The van der Waals surface area contributed by atoms with Gasteiger partial charge in [0.25, 0.3) is 5.91 Å². The normalized spacial score (nSPS) is 13.0. The van der Waals surface area contributed by atoms with Gasteiger partial charge in [-0.2, -0.15) is 0 Å². The Morgan fingerprint density at radius 3 is 2.62 bits per heavy atom. The van der Waals surface area contributed by atoms with E-state index in [1.165, 1.54) is 6.07 Å². The predicted octanol–water partition coefficient (Wildman–Crippen LogP) is 6.11. The number of amides is 1. The average molecular weight is 498 g/mol. The third-order valence-electron chi connectivity index (χ3n) is 5.25. The van der Waals surface area contributed by atoms with E-state index < -0.39 is 17.8 Å². The fourth-order valence-corrected chi connectivity index (χ4v) is 3.99. The second kappa shape index (κ2) is 8.93. The molecule has 4 aromatic rings. The molecule has 1 N–H and O–H groups in total. The highest BCUT2D eigenvalue weighted by atomic mass is 35.5. The number of nitrogens with one attached hydrogen (secondary N) is 1. The first kappa shape index (κ1) is 22.1. The minimum absolute atomic E-state index is 0.00913. The SMILES string of the molecule is CC(Oc1ccc(Cl)cc1Cl)C(=O)Nc1c(C(=O)c2ccc3c(c2)OCO3)oc2ccccc12. The largest absolute Gasteiger partial charge is 0.479 e. The van der Waals surface area contributed by atoms with E-state index in [0.29, 0.717) is 38.8 Å². The third-order valence-corrected chi connectivity index (χ3v) is 5.78. The first-order valence-corrected chi connectivity index (χ1v) is 11.0. The molecule has 1 aromatic heterocycles. The lowest BCUT2D eigenvalue weighted by atomic mass is 10.1. The summed E-state index contributed by atoms with van der Waals surface area (Å²) in [4.78, 5) is 26.4. The van der Waals surface area contributed by atoms with E-state index in [1.54, 1.807) is 61.5 Å². The van der Waals surface area contributed by atoms with Gasteiger partial charge < -0.3 is 23.9 Å². The molecule has 0 fully saturated rings. The van der Waals surface area contributed by atoms with Crippen LogP contribution in [0.5, 0.6) is 17.2 Å². The fourth-order valence-electron chi connectivity index (χ4n) is 3.54. The van der Waals surface area contributed by atoms with Crippen molar-refractivity contribution in [2.24, 2.45) is 0 Å². The van der Waals surface area contributed by atoms with Crippen LogP contribution in [-0.2, 0) is 4.79 Å². The Bertz CT molecular complexity index is 1430. The predicted molar refractivity (Wildman–Crippen MR) is 127 cm³/mol. The minimum Gasteiger partial charge on any atom is -0.479 e. The van der Waals surface area contributed by atoms with Crippen molar-refractivity contribution in [2.45, 2.75) is 13.0 Å². The average Bonchev–Trinajstić information content (AvgIpc) is 3.44. The molecule has 0 radical (unpaired) electrons. The zero-order valence-electron chi connectivity index (χ0n) is 17.8. The van der Waals surface area contributed by atoms with Crippen molar-refractivity contribution in [1.29, 1.82) is 0 Å². The number of anilines is 1. The maximum Gasteiger partial charge on any atom is 0.265 e. The molecule has 0 bridgehead atoms.